The maximum absolute atomic E-state index is 6.06. The van der Waals surface area contributed by atoms with Crippen LogP contribution in [0.4, 0.5) is 0 Å². The fourth-order valence-electron chi connectivity index (χ4n) is 3.48. The number of aryl methyl sites for hydroxylation is 8. The zero-order chi connectivity index (χ0) is 19.6. The first-order valence-electron chi connectivity index (χ1n) is 9.75. The van der Waals surface area contributed by atoms with Crippen molar-refractivity contribution in [1.82, 2.24) is 0 Å². The van der Waals surface area contributed by atoms with E-state index in [4.69, 9.17) is 4.74 Å². The number of hydrogen-bond acceptors (Lipinski definition) is 1. The zero-order valence-corrected chi connectivity index (χ0v) is 17.4. The smallest absolute Gasteiger partial charge is 0.127 e. The van der Waals surface area contributed by atoms with Crippen LogP contribution in [0.25, 0.3) is 0 Å². The summed E-state index contributed by atoms with van der Waals surface area (Å²) in [6.07, 6.45) is 2.13. The summed E-state index contributed by atoms with van der Waals surface area (Å²) in [5.74, 6) is 1.80. The third-order valence-corrected chi connectivity index (χ3v) is 5.64. The molecule has 0 bridgehead atoms. The van der Waals surface area contributed by atoms with Gasteiger partial charge in [0.1, 0.15) is 11.5 Å². The van der Waals surface area contributed by atoms with Gasteiger partial charge in [0.15, 0.2) is 0 Å². The van der Waals surface area contributed by atoms with Gasteiger partial charge < -0.3 is 4.74 Å². The summed E-state index contributed by atoms with van der Waals surface area (Å²) in [6.45, 7) is 13.0. The minimum absolute atomic E-state index is 0.899. The predicted molar refractivity (Wildman–Crippen MR) is 115 cm³/mol. The average molecular weight is 359 g/mol. The third kappa shape index (κ3) is 4.60. The van der Waals surface area contributed by atoms with Crippen LogP contribution in [0.5, 0.6) is 11.5 Å². The van der Waals surface area contributed by atoms with Gasteiger partial charge in [-0.25, -0.2) is 0 Å². The Morgan fingerprint density at radius 3 is 1.67 bits per heavy atom. The molecule has 0 spiro atoms. The van der Waals surface area contributed by atoms with Gasteiger partial charge in [0.05, 0.1) is 0 Å². The SMILES string of the molecule is Cc1ccc(Oc2ccc(CCc3cc(C)c(C)cc3C)c(C)c2)cc1C. The lowest BCUT2D eigenvalue weighted by Crippen LogP contribution is -1.98. The molecular weight excluding hydrogens is 328 g/mol. The molecule has 0 unspecified atom stereocenters. The average Bonchev–Trinajstić information content (AvgIpc) is 2.61. The minimum Gasteiger partial charge on any atom is -0.457 e. The first-order valence-corrected chi connectivity index (χ1v) is 9.75. The van der Waals surface area contributed by atoms with E-state index in [1.165, 1.54) is 44.5 Å². The van der Waals surface area contributed by atoms with Crippen molar-refractivity contribution in [3.8, 4) is 11.5 Å². The standard InChI is InChI=1S/C26H30O/c1-17-7-11-25(15-20(17)4)27-26-12-10-23(22(6)16-26)8-9-24-14-19(3)18(2)13-21(24)5/h7,10-16H,8-9H2,1-6H3. The van der Waals surface area contributed by atoms with Gasteiger partial charge in [-0.15, -0.1) is 0 Å². The molecule has 0 radical (unpaired) electrons. The number of rotatable bonds is 5. The van der Waals surface area contributed by atoms with Crippen molar-refractivity contribution in [3.05, 3.63) is 93.0 Å². The van der Waals surface area contributed by atoms with Gasteiger partial charge in [-0.2, -0.15) is 0 Å². The molecule has 0 saturated carbocycles. The molecule has 0 heterocycles. The van der Waals surface area contributed by atoms with Gasteiger partial charge in [-0.3, -0.25) is 0 Å². The molecule has 1 heteroatoms. The Kier molecular flexibility index (Phi) is 5.70. The lowest BCUT2D eigenvalue weighted by molar-refractivity contribution is 0.481. The molecule has 0 fully saturated rings. The van der Waals surface area contributed by atoms with Crippen LogP contribution in [0.1, 0.15) is 44.5 Å². The van der Waals surface area contributed by atoms with E-state index in [2.05, 4.69) is 84.0 Å². The van der Waals surface area contributed by atoms with E-state index >= 15 is 0 Å². The van der Waals surface area contributed by atoms with Crippen molar-refractivity contribution in [2.75, 3.05) is 0 Å². The summed E-state index contributed by atoms with van der Waals surface area (Å²) in [6, 6.07) is 17.3. The van der Waals surface area contributed by atoms with E-state index in [0.717, 1.165) is 24.3 Å². The van der Waals surface area contributed by atoms with E-state index in [-0.39, 0.29) is 0 Å². The topological polar surface area (TPSA) is 9.23 Å². The van der Waals surface area contributed by atoms with Gasteiger partial charge in [0.25, 0.3) is 0 Å². The Morgan fingerprint density at radius 2 is 1.00 bits per heavy atom. The molecule has 0 aliphatic rings. The highest BCUT2D eigenvalue weighted by molar-refractivity contribution is 5.41. The van der Waals surface area contributed by atoms with E-state index in [1.54, 1.807) is 0 Å². The van der Waals surface area contributed by atoms with Crippen LogP contribution in [0, 0.1) is 41.5 Å². The van der Waals surface area contributed by atoms with Crippen LogP contribution in [-0.2, 0) is 12.8 Å². The highest BCUT2D eigenvalue weighted by Gasteiger charge is 2.06. The Bertz CT molecular complexity index is 966. The Hall–Kier alpha value is -2.54. The molecule has 3 aromatic rings. The van der Waals surface area contributed by atoms with Crippen LogP contribution in [0.2, 0.25) is 0 Å². The van der Waals surface area contributed by atoms with E-state index < -0.39 is 0 Å². The molecule has 3 rings (SSSR count). The summed E-state index contributed by atoms with van der Waals surface area (Å²) in [7, 11) is 0. The molecule has 0 aliphatic carbocycles. The van der Waals surface area contributed by atoms with E-state index in [0.29, 0.717) is 0 Å². The van der Waals surface area contributed by atoms with Gasteiger partial charge in [-0.1, -0.05) is 24.3 Å². The van der Waals surface area contributed by atoms with Crippen molar-refractivity contribution in [3.63, 3.8) is 0 Å². The van der Waals surface area contributed by atoms with Gasteiger partial charge in [0, 0.05) is 0 Å². The lowest BCUT2D eigenvalue weighted by Gasteiger charge is -2.13. The molecule has 0 atom stereocenters. The van der Waals surface area contributed by atoms with Crippen molar-refractivity contribution in [1.29, 1.82) is 0 Å². The molecule has 0 amide bonds. The summed E-state index contributed by atoms with van der Waals surface area (Å²) in [5.41, 5.74) is 10.8. The molecule has 0 aliphatic heterocycles. The molecule has 27 heavy (non-hydrogen) atoms. The number of benzene rings is 3. The molecule has 0 aromatic heterocycles. The Balaban J connectivity index is 1.71. The predicted octanol–water partition coefficient (Wildman–Crippen LogP) is 7.11. The van der Waals surface area contributed by atoms with Gasteiger partial charge >= 0.3 is 0 Å². The van der Waals surface area contributed by atoms with Crippen molar-refractivity contribution >= 4 is 0 Å². The second-order valence-electron chi connectivity index (χ2n) is 7.80. The monoisotopic (exact) mass is 358 g/mol. The molecule has 140 valence electrons. The second-order valence-corrected chi connectivity index (χ2v) is 7.80. The van der Waals surface area contributed by atoms with Crippen molar-refractivity contribution < 1.29 is 4.74 Å². The van der Waals surface area contributed by atoms with E-state index in [1.807, 2.05) is 6.07 Å². The summed E-state index contributed by atoms with van der Waals surface area (Å²) in [4.78, 5) is 0. The maximum atomic E-state index is 6.06. The molecule has 3 aromatic carbocycles. The molecular formula is C26H30O. The lowest BCUT2D eigenvalue weighted by atomic mass is 9.95. The minimum atomic E-state index is 0.899. The second kappa shape index (κ2) is 8.00. The van der Waals surface area contributed by atoms with Crippen LogP contribution in [0.15, 0.2) is 48.5 Å². The summed E-state index contributed by atoms with van der Waals surface area (Å²) < 4.78 is 6.06. The highest BCUT2D eigenvalue weighted by Crippen LogP contribution is 2.26. The fourth-order valence-corrected chi connectivity index (χ4v) is 3.48. The van der Waals surface area contributed by atoms with Crippen LogP contribution < -0.4 is 4.74 Å². The molecule has 0 saturated heterocycles. The Labute approximate surface area is 164 Å². The van der Waals surface area contributed by atoms with E-state index in [9.17, 15) is 0 Å². The van der Waals surface area contributed by atoms with Crippen LogP contribution >= 0.6 is 0 Å². The van der Waals surface area contributed by atoms with Crippen molar-refractivity contribution in [2.24, 2.45) is 0 Å². The first-order chi connectivity index (χ1) is 12.8. The normalized spacial score (nSPS) is 10.9. The first kappa shape index (κ1) is 19.2. The summed E-state index contributed by atoms with van der Waals surface area (Å²) in [5, 5.41) is 0. The summed E-state index contributed by atoms with van der Waals surface area (Å²) >= 11 is 0. The number of hydrogen-bond donors (Lipinski definition) is 0. The van der Waals surface area contributed by atoms with Crippen molar-refractivity contribution in [2.45, 2.75) is 54.4 Å². The molecule has 1 nitrogen and oxygen atoms in total. The third-order valence-electron chi connectivity index (χ3n) is 5.64. The number of ether oxygens (including phenoxy) is 1. The fraction of sp³-hybridized carbons (Fsp3) is 0.308. The maximum Gasteiger partial charge on any atom is 0.127 e. The van der Waals surface area contributed by atoms with Gasteiger partial charge in [0.2, 0.25) is 0 Å². The van der Waals surface area contributed by atoms with Gasteiger partial charge in [-0.05, 0) is 123 Å². The van der Waals surface area contributed by atoms with Crippen LogP contribution in [-0.4, -0.2) is 0 Å². The largest absolute Gasteiger partial charge is 0.457 e. The quantitative estimate of drug-likeness (QED) is 0.472. The zero-order valence-electron chi connectivity index (χ0n) is 17.4. The van der Waals surface area contributed by atoms with Crippen LogP contribution in [0.3, 0.4) is 0 Å². The highest BCUT2D eigenvalue weighted by atomic mass is 16.5. The Morgan fingerprint density at radius 1 is 0.481 bits per heavy atom. The molecule has 0 N–H and O–H groups in total.